The summed E-state index contributed by atoms with van der Waals surface area (Å²) in [4.78, 5) is 7.78. The molecule has 2 aromatic rings. The smallest absolute Gasteiger partial charge is 0.224 e. The van der Waals surface area contributed by atoms with Gasteiger partial charge in [0.1, 0.15) is 11.4 Å². The number of hydrogen-bond donors (Lipinski definition) is 2. The molecule has 0 fully saturated rings. The van der Waals surface area contributed by atoms with Gasteiger partial charge in [-0.3, -0.25) is 0 Å². The third kappa shape index (κ3) is 2.33. The van der Waals surface area contributed by atoms with Gasteiger partial charge in [-0.1, -0.05) is 23.2 Å². The molecule has 0 aliphatic carbocycles. The zero-order valence-electron chi connectivity index (χ0n) is 9.56. The first-order chi connectivity index (χ1) is 9.56. The van der Waals surface area contributed by atoms with E-state index in [4.69, 9.17) is 40.5 Å². The number of nitrogens with zero attached hydrogens (tertiary/aromatic N) is 4. The van der Waals surface area contributed by atoms with Crippen LogP contribution in [0.3, 0.4) is 0 Å². The van der Waals surface area contributed by atoms with Gasteiger partial charge in [0.25, 0.3) is 0 Å². The van der Waals surface area contributed by atoms with Crippen LogP contribution in [0.25, 0.3) is 0 Å². The maximum atomic E-state index is 6.18. The third-order valence-electron chi connectivity index (χ3n) is 2.47. The van der Waals surface area contributed by atoms with Crippen LogP contribution in [0.2, 0.25) is 15.3 Å². The predicted octanol–water partition coefficient (Wildman–Crippen LogP) is 4.49. The molecule has 0 radical (unpaired) electrons. The molecule has 1 aliphatic heterocycles. The fourth-order valence-electron chi connectivity index (χ4n) is 1.58. The molecule has 0 atom stereocenters. The van der Waals surface area contributed by atoms with Gasteiger partial charge in [0.05, 0.1) is 39.0 Å². The molecular formula is C10H5Cl3N6S. The second kappa shape index (κ2) is 5.17. The Morgan fingerprint density at radius 2 is 1.85 bits per heavy atom. The van der Waals surface area contributed by atoms with Gasteiger partial charge in [0.15, 0.2) is 5.82 Å². The van der Waals surface area contributed by atoms with E-state index in [9.17, 15) is 0 Å². The summed E-state index contributed by atoms with van der Waals surface area (Å²) < 4.78 is 8.28. The fraction of sp³-hybridized carbons (Fsp3) is 0. The largest absolute Gasteiger partial charge is 0.394 e. The van der Waals surface area contributed by atoms with Crippen LogP contribution in [0.5, 0.6) is 0 Å². The fourth-order valence-corrected chi connectivity index (χ4v) is 2.87. The molecule has 6 nitrogen and oxygen atoms in total. The van der Waals surface area contributed by atoms with Gasteiger partial charge in [-0.05, 0) is 17.7 Å². The molecule has 1 aliphatic rings. The maximum Gasteiger partial charge on any atom is 0.224 e. The number of nitrogen functional groups attached to an aromatic ring is 1. The summed E-state index contributed by atoms with van der Waals surface area (Å²) in [7, 11) is 0. The Hall–Kier alpha value is -1.41. The first-order valence-corrected chi connectivity index (χ1v) is 7.08. The predicted molar refractivity (Wildman–Crippen MR) is 82.7 cm³/mol. The van der Waals surface area contributed by atoms with E-state index in [1.165, 1.54) is 6.20 Å². The Labute approximate surface area is 132 Å². The Bertz CT molecular complexity index is 787. The summed E-state index contributed by atoms with van der Waals surface area (Å²) in [6.07, 6.45) is 1.40. The third-order valence-corrected chi connectivity index (χ3v) is 3.77. The van der Waals surface area contributed by atoms with Crippen molar-refractivity contribution in [1.29, 1.82) is 0 Å². The van der Waals surface area contributed by atoms with Crippen molar-refractivity contribution in [3.05, 3.63) is 27.6 Å². The van der Waals surface area contributed by atoms with Crippen molar-refractivity contribution in [2.75, 3.05) is 11.1 Å². The van der Waals surface area contributed by atoms with Crippen LogP contribution >= 0.6 is 34.8 Å². The minimum Gasteiger partial charge on any atom is -0.394 e. The number of nitrogens with two attached hydrogens (primary N) is 1. The van der Waals surface area contributed by atoms with E-state index in [-0.39, 0.29) is 5.28 Å². The van der Waals surface area contributed by atoms with Crippen LogP contribution in [0, 0.1) is 0 Å². The standard InChI is InChI=1S/C10H5Cl3N6S/c11-3-1-4(12)7-8(19-20-18-7)6(3)16-9-5(14)2-15-10(13)17-9/h1-2H,14H2,(H,15,16,17). The minimum atomic E-state index is 0.0689. The lowest BCUT2D eigenvalue weighted by Crippen LogP contribution is -2.01. The van der Waals surface area contributed by atoms with Gasteiger partial charge < -0.3 is 11.1 Å². The van der Waals surface area contributed by atoms with Crippen LogP contribution in [-0.2, 0) is 11.4 Å². The van der Waals surface area contributed by atoms with E-state index >= 15 is 0 Å². The summed E-state index contributed by atoms with van der Waals surface area (Å²) in [6, 6.07) is 1.58. The monoisotopic (exact) mass is 346 g/mol. The van der Waals surface area contributed by atoms with Crippen molar-refractivity contribution in [2.45, 2.75) is 0 Å². The minimum absolute atomic E-state index is 0.0689. The SMILES string of the molecule is Nc1cnc(Cl)nc1Nc1c(Cl)cc(Cl)c2c1N=S=N2. The highest BCUT2D eigenvalue weighted by Gasteiger charge is 2.19. The number of benzene rings is 1. The number of hydrogen-bond acceptors (Lipinski definition) is 6. The highest BCUT2D eigenvalue weighted by atomic mass is 35.5. The molecule has 0 amide bonds. The van der Waals surface area contributed by atoms with E-state index in [2.05, 4.69) is 24.0 Å². The molecule has 0 bridgehead atoms. The first-order valence-electron chi connectivity index (χ1n) is 5.21. The number of fused-ring (bicyclic) bond motifs is 1. The van der Waals surface area contributed by atoms with E-state index in [0.29, 0.717) is 38.6 Å². The summed E-state index contributed by atoms with van der Waals surface area (Å²) >= 11 is 19.0. The van der Waals surface area contributed by atoms with Crippen molar-refractivity contribution in [2.24, 2.45) is 8.73 Å². The van der Waals surface area contributed by atoms with Crippen molar-refractivity contribution in [1.82, 2.24) is 9.97 Å². The number of nitrogens with one attached hydrogen (secondary N) is 1. The molecule has 3 N–H and O–H groups in total. The van der Waals surface area contributed by atoms with Crippen LogP contribution in [0.4, 0.5) is 28.6 Å². The van der Waals surface area contributed by atoms with Gasteiger partial charge >= 0.3 is 0 Å². The lowest BCUT2D eigenvalue weighted by molar-refractivity contribution is 1.17. The Morgan fingerprint density at radius 1 is 1.10 bits per heavy atom. The molecule has 0 saturated carbocycles. The normalized spacial score (nSPS) is 12.2. The molecule has 2 heterocycles. The van der Waals surface area contributed by atoms with Gasteiger partial charge in [-0.25, -0.2) is 4.98 Å². The Kier molecular flexibility index (Phi) is 3.51. The second-order valence-electron chi connectivity index (χ2n) is 3.74. The topological polar surface area (TPSA) is 88.5 Å². The van der Waals surface area contributed by atoms with E-state index in [1.807, 2.05) is 0 Å². The summed E-state index contributed by atoms with van der Waals surface area (Å²) in [5.74, 6) is 0.337. The first kappa shape index (κ1) is 13.6. The molecule has 1 aromatic carbocycles. The average molecular weight is 348 g/mol. The highest BCUT2D eigenvalue weighted by molar-refractivity contribution is 7.58. The van der Waals surface area contributed by atoms with Crippen molar-refractivity contribution in [3.8, 4) is 0 Å². The summed E-state index contributed by atoms with van der Waals surface area (Å²) in [5, 5.41) is 3.87. The van der Waals surface area contributed by atoms with Crippen LogP contribution in [-0.4, -0.2) is 9.97 Å². The van der Waals surface area contributed by atoms with Crippen LogP contribution in [0.1, 0.15) is 0 Å². The van der Waals surface area contributed by atoms with Crippen molar-refractivity contribution < 1.29 is 0 Å². The summed E-state index contributed by atoms with van der Waals surface area (Å²) in [5.41, 5.74) is 7.73. The van der Waals surface area contributed by atoms with Crippen LogP contribution < -0.4 is 11.1 Å². The second-order valence-corrected chi connectivity index (χ2v) is 5.43. The van der Waals surface area contributed by atoms with Gasteiger partial charge in [0.2, 0.25) is 5.28 Å². The highest BCUT2D eigenvalue weighted by Crippen LogP contribution is 2.48. The van der Waals surface area contributed by atoms with Gasteiger partial charge in [-0.2, -0.15) is 13.7 Å². The zero-order chi connectivity index (χ0) is 14.3. The number of rotatable bonds is 2. The number of anilines is 3. The molecule has 0 spiro atoms. The maximum absolute atomic E-state index is 6.18. The average Bonchev–Trinajstić information content (AvgIpc) is 2.88. The zero-order valence-corrected chi connectivity index (χ0v) is 12.6. The van der Waals surface area contributed by atoms with Crippen LogP contribution in [0.15, 0.2) is 21.0 Å². The summed E-state index contributed by atoms with van der Waals surface area (Å²) in [6.45, 7) is 0. The molecule has 102 valence electrons. The quantitative estimate of drug-likeness (QED) is 0.668. The number of halogens is 3. The van der Waals surface area contributed by atoms with Crippen molar-refractivity contribution in [3.63, 3.8) is 0 Å². The Morgan fingerprint density at radius 3 is 2.65 bits per heavy atom. The molecule has 20 heavy (non-hydrogen) atoms. The van der Waals surface area contributed by atoms with E-state index in [0.717, 1.165) is 11.4 Å². The van der Waals surface area contributed by atoms with Gasteiger partial charge in [-0.15, -0.1) is 0 Å². The van der Waals surface area contributed by atoms with E-state index < -0.39 is 0 Å². The Balaban J connectivity index is 2.11. The molecule has 0 unspecified atom stereocenters. The molecule has 1 aromatic heterocycles. The lowest BCUT2D eigenvalue weighted by atomic mass is 10.2. The van der Waals surface area contributed by atoms with E-state index in [1.54, 1.807) is 6.07 Å². The number of aromatic nitrogens is 2. The molecular weight excluding hydrogens is 343 g/mol. The molecule has 0 saturated heterocycles. The molecule has 10 heteroatoms. The molecule has 3 rings (SSSR count). The van der Waals surface area contributed by atoms with Crippen molar-refractivity contribution >= 4 is 74.7 Å². The van der Waals surface area contributed by atoms with Gasteiger partial charge in [0, 0.05) is 0 Å². The lowest BCUT2D eigenvalue weighted by Gasteiger charge is -2.12.